The van der Waals surface area contributed by atoms with Crippen LogP contribution in [0.5, 0.6) is 0 Å². The molecular weight excluding hydrogens is 238 g/mol. The summed E-state index contributed by atoms with van der Waals surface area (Å²) >= 11 is 0. The fraction of sp³-hybridized carbons (Fsp3) is 0.600. The third kappa shape index (κ3) is 4.99. The highest BCUT2D eigenvalue weighted by Crippen LogP contribution is 2.35. The first-order valence-electron chi connectivity index (χ1n) is 6.97. The van der Waals surface area contributed by atoms with Gasteiger partial charge in [0.25, 0.3) is 0 Å². The molecule has 0 fully saturated rings. The van der Waals surface area contributed by atoms with Gasteiger partial charge in [-0.15, -0.1) is 0 Å². The van der Waals surface area contributed by atoms with Gasteiger partial charge in [0.2, 0.25) is 6.41 Å². The Labute approximate surface area is 117 Å². The van der Waals surface area contributed by atoms with Gasteiger partial charge in [-0.25, -0.2) is 0 Å². The van der Waals surface area contributed by atoms with Gasteiger partial charge in [0, 0.05) is 6.20 Å². The van der Waals surface area contributed by atoms with Crippen LogP contribution >= 0.6 is 0 Å². The number of nitrogens with one attached hydrogen (secondary N) is 2. The normalized spacial score (nSPS) is 12.9. The van der Waals surface area contributed by atoms with E-state index < -0.39 is 0 Å². The molecule has 0 aliphatic heterocycles. The van der Waals surface area contributed by atoms with Crippen molar-refractivity contribution in [3.63, 3.8) is 0 Å². The predicted molar refractivity (Wildman–Crippen MR) is 81.5 cm³/mol. The van der Waals surface area contributed by atoms with Crippen molar-refractivity contribution in [3.05, 3.63) is 24.0 Å². The number of carbonyl (C=O) groups excluding carboxylic acids is 1. The van der Waals surface area contributed by atoms with Crippen LogP contribution in [0, 0.1) is 0 Å². The molecule has 0 saturated carbocycles. The van der Waals surface area contributed by atoms with Crippen molar-refractivity contribution in [1.29, 1.82) is 0 Å². The molecule has 1 heterocycles. The van der Waals surface area contributed by atoms with E-state index >= 15 is 0 Å². The minimum absolute atomic E-state index is 0.0529. The van der Waals surface area contributed by atoms with Crippen LogP contribution in [0.25, 0.3) is 0 Å². The third-order valence-corrected chi connectivity index (χ3v) is 3.39. The summed E-state index contributed by atoms with van der Waals surface area (Å²) in [6, 6.07) is 1.99. The lowest BCUT2D eigenvalue weighted by molar-refractivity contribution is -0.105. The molecular formula is C15H27N3O. The van der Waals surface area contributed by atoms with Gasteiger partial charge in [0.05, 0.1) is 11.9 Å². The van der Waals surface area contributed by atoms with Crippen molar-refractivity contribution < 1.29 is 4.79 Å². The number of nitrogens with zero attached hydrogens (tertiary/aromatic N) is 1. The molecule has 1 aromatic rings. The van der Waals surface area contributed by atoms with Crippen LogP contribution in [0.1, 0.15) is 46.1 Å². The van der Waals surface area contributed by atoms with Crippen molar-refractivity contribution in [1.82, 2.24) is 10.3 Å². The van der Waals surface area contributed by atoms with Crippen molar-refractivity contribution in [2.24, 2.45) is 0 Å². The first kappa shape index (κ1) is 17.6. The highest BCUT2D eigenvalue weighted by Gasteiger charge is 2.26. The van der Waals surface area contributed by atoms with E-state index in [1.165, 1.54) is 0 Å². The van der Waals surface area contributed by atoms with Crippen LogP contribution in [0.2, 0.25) is 0 Å². The zero-order chi connectivity index (χ0) is 14.7. The number of amides is 1. The van der Waals surface area contributed by atoms with Crippen molar-refractivity contribution in [2.45, 2.75) is 46.0 Å². The van der Waals surface area contributed by atoms with Crippen LogP contribution in [-0.2, 0) is 10.2 Å². The largest absolute Gasteiger partial charge is 0.327 e. The van der Waals surface area contributed by atoms with Crippen LogP contribution in [0.4, 0.5) is 5.69 Å². The fourth-order valence-electron chi connectivity index (χ4n) is 2.00. The topological polar surface area (TPSA) is 54.0 Å². The third-order valence-electron chi connectivity index (χ3n) is 3.39. The molecule has 4 heteroatoms. The maximum Gasteiger partial charge on any atom is 0.211 e. The molecule has 2 N–H and O–H groups in total. The maximum absolute atomic E-state index is 10.6. The van der Waals surface area contributed by atoms with Gasteiger partial charge in [-0.2, -0.15) is 0 Å². The van der Waals surface area contributed by atoms with E-state index in [-0.39, 0.29) is 5.41 Å². The summed E-state index contributed by atoms with van der Waals surface area (Å²) < 4.78 is 0. The van der Waals surface area contributed by atoms with E-state index in [2.05, 4.69) is 29.5 Å². The van der Waals surface area contributed by atoms with Gasteiger partial charge in [-0.3, -0.25) is 9.78 Å². The van der Waals surface area contributed by atoms with Crippen LogP contribution < -0.4 is 10.6 Å². The Morgan fingerprint density at radius 2 is 2.11 bits per heavy atom. The molecule has 0 saturated heterocycles. The first-order valence-corrected chi connectivity index (χ1v) is 6.97. The molecule has 1 unspecified atom stereocenters. The zero-order valence-corrected chi connectivity index (χ0v) is 12.8. The minimum Gasteiger partial charge on any atom is -0.327 e. The number of pyridine rings is 1. The lowest BCUT2D eigenvalue weighted by Gasteiger charge is -2.30. The summed E-state index contributed by atoms with van der Waals surface area (Å²) in [6.07, 6.45) is 6.23. The summed E-state index contributed by atoms with van der Waals surface area (Å²) in [6.45, 7) is 9.34. The number of rotatable bonds is 7. The average molecular weight is 265 g/mol. The van der Waals surface area contributed by atoms with Gasteiger partial charge < -0.3 is 10.6 Å². The summed E-state index contributed by atoms with van der Waals surface area (Å²) in [5, 5.41) is 5.90. The lowest BCUT2D eigenvalue weighted by atomic mass is 9.77. The lowest BCUT2D eigenvalue weighted by Crippen LogP contribution is -2.27. The molecule has 0 aliphatic carbocycles. The molecule has 0 spiro atoms. The Morgan fingerprint density at radius 1 is 1.42 bits per heavy atom. The summed E-state index contributed by atoms with van der Waals surface area (Å²) in [7, 11) is 1.95. The Kier molecular flexibility index (Phi) is 8.79. The molecule has 0 aliphatic rings. The Morgan fingerprint density at radius 3 is 2.63 bits per heavy atom. The molecule has 4 nitrogen and oxygen atoms in total. The van der Waals surface area contributed by atoms with E-state index in [1.54, 1.807) is 12.4 Å². The second-order valence-electron chi connectivity index (χ2n) is 4.45. The SMILES string of the molecule is CC.CCC(C)(CCNC)c1ccncc1NC=O. The van der Waals surface area contributed by atoms with E-state index in [0.29, 0.717) is 6.41 Å². The fourth-order valence-corrected chi connectivity index (χ4v) is 2.00. The molecule has 0 aromatic carbocycles. The first-order chi connectivity index (χ1) is 9.18. The van der Waals surface area contributed by atoms with Gasteiger partial charge in [-0.1, -0.05) is 27.7 Å². The molecule has 19 heavy (non-hydrogen) atoms. The Balaban J connectivity index is 0.00000154. The summed E-state index contributed by atoms with van der Waals surface area (Å²) in [4.78, 5) is 14.7. The van der Waals surface area contributed by atoms with Gasteiger partial charge >= 0.3 is 0 Å². The highest BCUT2D eigenvalue weighted by molar-refractivity contribution is 5.73. The van der Waals surface area contributed by atoms with E-state index in [1.807, 2.05) is 27.0 Å². The van der Waals surface area contributed by atoms with Gasteiger partial charge in [0.15, 0.2) is 0 Å². The number of carbonyl (C=O) groups is 1. The van der Waals surface area contributed by atoms with Crippen LogP contribution in [0.3, 0.4) is 0 Å². The molecule has 1 aromatic heterocycles. The highest BCUT2D eigenvalue weighted by atomic mass is 16.1. The number of aromatic nitrogens is 1. The van der Waals surface area contributed by atoms with E-state index in [0.717, 1.165) is 30.6 Å². The summed E-state index contributed by atoms with van der Waals surface area (Å²) in [5.74, 6) is 0. The molecule has 108 valence electrons. The van der Waals surface area contributed by atoms with Gasteiger partial charge in [0.1, 0.15) is 0 Å². The minimum atomic E-state index is 0.0529. The number of hydrogen-bond donors (Lipinski definition) is 2. The smallest absolute Gasteiger partial charge is 0.211 e. The van der Waals surface area contributed by atoms with E-state index in [4.69, 9.17) is 0 Å². The molecule has 1 atom stereocenters. The number of anilines is 1. The predicted octanol–water partition coefficient (Wildman–Crippen LogP) is 2.95. The van der Waals surface area contributed by atoms with Crippen molar-refractivity contribution >= 4 is 12.1 Å². The zero-order valence-electron chi connectivity index (χ0n) is 12.8. The second-order valence-corrected chi connectivity index (χ2v) is 4.45. The van der Waals surface area contributed by atoms with Crippen molar-refractivity contribution in [3.8, 4) is 0 Å². The number of hydrogen-bond acceptors (Lipinski definition) is 3. The van der Waals surface area contributed by atoms with Crippen molar-refractivity contribution in [2.75, 3.05) is 18.9 Å². The second kappa shape index (κ2) is 9.50. The molecule has 1 amide bonds. The van der Waals surface area contributed by atoms with Crippen LogP contribution in [-0.4, -0.2) is 25.0 Å². The Bertz CT molecular complexity index is 368. The monoisotopic (exact) mass is 265 g/mol. The molecule has 0 radical (unpaired) electrons. The molecule has 0 bridgehead atoms. The Hall–Kier alpha value is -1.42. The average Bonchev–Trinajstić information content (AvgIpc) is 2.48. The standard InChI is InChI=1S/C13H21N3O.C2H6/c1-4-13(2,6-8-14-3)11-5-7-15-9-12(11)16-10-17;1-2/h5,7,9-10,14H,4,6,8H2,1-3H3,(H,16,17);1-2H3. The quantitative estimate of drug-likeness (QED) is 0.745. The maximum atomic E-state index is 10.6. The summed E-state index contributed by atoms with van der Waals surface area (Å²) in [5.41, 5.74) is 2.01. The molecule has 1 rings (SSSR count). The van der Waals surface area contributed by atoms with Crippen LogP contribution in [0.15, 0.2) is 18.5 Å². The van der Waals surface area contributed by atoms with Gasteiger partial charge in [-0.05, 0) is 43.5 Å². The van der Waals surface area contributed by atoms with E-state index in [9.17, 15) is 4.79 Å².